The van der Waals surface area contributed by atoms with E-state index in [0.29, 0.717) is 11.4 Å². The van der Waals surface area contributed by atoms with Crippen LogP contribution in [0.3, 0.4) is 0 Å². The number of hydrogen-bond acceptors (Lipinski definition) is 2. The molecule has 0 aliphatic rings. The highest BCUT2D eigenvalue weighted by atomic mass is 32.1. The number of benzene rings is 1. The Labute approximate surface area is 83.0 Å². The van der Waals surface area contributed by atoms with E-state index in [9.17, 15) is 4.79 Å². The van der Waals surface area contributed by atoms with E-state index in [-0.39, 0.29) is 5.91 Å². The summed E-state index contributed by atoms with van der Waals surface area (Å²) in [6.07, 6.45) is 0.384. The third-order valence-electron chi connectivity index (χ3n) is 1.52. The van der Waals surface area contributed by atoms with Gasteiger partial charge in [0.25, 0.3) is 0 Å². The van der Waals surface area contributed by atoms with Crippen LogP contribution in [0.25, 0.3) is 0 Å². The average molecular weight is 193 g/mol. The number of nitrogens with one attached hydrogen (secondary N) is 1. The predicted molar refractivity (Wildman–Crippen MR) is 56.6 cm³/mol. The zero-order chi connectivity index (χ0) is 9.68. The Bertz CT molecular complexity index is 308. The highest BCUT2D eigenvalue weighted by Crippen LogP contribution is 1.98. The zero-order valence-corrected chi connectivity index (χ0v) is 8.23. The molecule has 2 nitrogen and oxygen atoms in total. The maximum atomic E-state index is 11.2. The number of rotatable bonds is 2. The minimum atomic E-state index is -0.0568. The lowest BCUT2D eigenvalue weighted by Crippen LogP contribution is -2.28. The van der Waals surface area contributed by atoms with Crippen LogP contribution >= 0.6 is 12.2 Å². The van der Waals surface area contributed by atoms with Gasteiger partial charge in [0.15, 0.2) is 0 Å². The molecule has 1 amide bonds. The fraction of sp³-hybridized carbons (Fsp3) is 0.200. The summed E-state index contributed by atoms with van der Waals surface area (Å²) in [6, 6.07) is 9.57. The molecule has 1 N–H and O–H groups in total. The van der Waals surface area contributed by atoms with Gasteiger partial charge in [-0.3, -0.25) is 4.79 Å². The number of amides is 1. The van der Waals surface area contributed by atoms with Crippen molar-refractivity contribution < 1.29 is 4.79 Å². The quantitative estimate of drug-likeness (QED) is 0.724. The van der Waals surface area contributed by atoms with Crippen molar-refractivity contribution >= 4 is 23.1 Å². The van der Waals surface area contributed by atoms with Crippen LogP contribution < -0.4 is 5.32 Å². The van der Waals surface area contributed by atoms with Gasteiger partial charge in [-0.2, -0.15) is 0 Å². The molecule has 0 spiro atoms. The van der Waals surface area contributed by atoms with Crippen molar-refractivity contribution in [3.63, 3.8) is 0 Å². The molecule has 1 rings (SSSR count). The molecule has 0 radical (unpaired) electrons. The number of hydrogen-bond donors (Lipinski definition) is 1. The number of carbonyl (C=O) groups is 1. The summed E-state index contributed by atoms with van der Waals surface area (Å²) in [7, 11) is 0. The molecule has 1 aromatic carbocycles. The van der Waals surface area contributed by atoms with E-state index in [0.717, 1.165) is 5.56 Å². The summed E-state index contributed by atoms with van der Waals surface area (Å²) in [5.74, 6) is -0.0568. The Morgan fingerprint density at radius 3 is 2.54 bits per heavy atom. The van der Waals surface area contributed by atoms with E-state index in [2.05, 4.69) is 5.32 Å². The average Bonchev–Trinajstić information content (AvgIpc) is 2.04. The molecule has 0 bridgehead atoms. The monoisotopic (exact) mass is 193 g/mol. The van der Waals surface area contributed by atoms with Gasteiger partial charge in [-0.25, -0.2) is 0 Å². The molecular formula is C10H11NOS. The van der Waals surface area contributed by atoms with E-state index < -0.39 is 0 Å². The first-order valence-corrected chi connectivity index (χ1v) is 4.43. The van der Waals surface area contributed by atoms with Crippen LogP contribution in [0.15, 0.2) is 30.3 Å². The summed E-state index contributed by atoms with van der Waals surface area (Å²) < 4.78 is 0. The van der Waals surface area contributed by atoms with Gasteiger partial charge in [0.05, 0.1) is 11.4 Å². The lowest BCUT2D eigenvalue weighted by molar-refractivity contribution is -0.119. The Morgan fingerprint density at radius 2 is 2.00 bits per heavy atom. The van der Waals surface area contributed by atoms with Gasteiger partial charge in [0.2, 0.25) is 5.91 Å². The standard InChI is InChI=1S/C10H11NOS/c1-8(13)11-10(12)7-9-5-3-2-4-6-9/h2-6H,7H2,1H3,(H,11,12,13). The maximum absolute atomic E-state index is 11.2. The zero-order valence-electron chi connectivity index (χ0n) is 7.41. The summed E-state index contributed by atoms with van der Waals surface area (Å²) in [4.78, 5) is 11.7. The fourth-order valence-corrected chi connectivity index (χ4v) is 1.14. The fourth-order valence-electron chi connectivity index (χ4n) is 1.02. The molecule has 0 heterocycles. The Kier molecular flexibility index (Phi) is 3.58. The molecule has 0 fully saturated rings. The van der Waals surface area contributed by atoms with Crippen molar-refractivity contribution in [2.24, 2.45) is 0 Å². The van der Waals surface area contributed by atoms with E-state index in [4.69, 9.17) is 12.2 Å². The third-order valence-corrected chi connectivity index (χ3v) is 1.63. The largest absolute Gasteiger partial charge is 0.320 e. The minimum absolute atomic E-state index is 0.0568. The molecule has 0 saturated heterocycles. The first kappa shape index (κ1) is 9.86. The maximum Gasteiger partial charge on any atom is 0.229 e. The van der Waals surface area contributed by atoms with Crippen molar-refractivity contribution in [2.45, 2.75) is 13.3 Å². The molecule has 0 atom stereocenters. The summed E-state index contributed by atoms with van der Waals surface area (Å²) in [6.45, 7) is 1.69. The van der Waals surface area contributed by atoms with Crippen LogP contribution in [0.1, 0.15) is 12.5 Å². The first-order valence-electron chi connectivity index (χ1n) is 4.03. The van der Waals surface area contributed by atoms with Gasteiger partial charge in [0.1, 0.15) is 0 Å². The molecule has 3 heteroatoms. The molecule has 13 heavy (non-hydrogen) atoms. The van der Waals surface area contributed by atoms with Crippen LogP contribution in [-0.4, -0.2) is 10.9 Å². The van der Waals surface area contributed by atoms with Crippen LogP contribution in [0.2, 0.25) is 0 Å². The van der Waals surface area contributed by atoms with Gasteiger partial charge in [-0.1, -0.05) is 42.5 Å². The van der Waals surface area contributed by atoms with Crippen molar-refractivity contribution in [3.05, 3.63) is 35.9 Å². The minimum Gasteiger partial charge on any atom is -0.320 e. The van der Waals surface area contributed by atoms with Crippen molar-refractivity contribution in [1.82, 2.24) is 5.32 Å². The van der Waals surface area contributed by atoms with Crippen LogP contribution in [0.4, 0.5) is 0 Å². The SMILES string of the molecule is CC(=S)NC(=O)Cc1ccccc1. The van der Waals surface area contributed by atoms with Crippen LogP contribution in [-0.2, 0) is 11.2 Å². The van der Waals surface area contributed by atoms with Crippen LogP contribution in [0, 0.1) is 0 Å². The molecular weight excluding hydrogens is 182 g/mol. The molecule has 68 valence electrons. The van der Waals surface area contributed by atoms with Gasteiger partial charge in [0, 0.05) is 0 Å². The van der Waals surface area contributed by atoms with Crippen molar-refractivity contribution in [1.29, 1.82) is 0 Å². The lowest BCUT2D eigenvalue weighted by atomic mass is 10.1. The number of carbonyl (C=O) groups excluding carboxylic acids is 1. The Balaban J connectivity index is 2.50. The second kappa shape index (κ2) is 4.72. The van der Waals surface area contributed by atoms with E-state index in [1.165, 1.54) is 0 Å². The number of thiocarbonyl (C=S) groups is 1. The van der Waals surface area contributed by atoms with Crippen LogP contribution in [0.5, 0.6) is 0 Å². The van der Waals surface area contributed by atoms with Gasteiger partial charge in [-0.15, -0.1) is 0 Å². The van der Waals surface area contributed by atoms with Gasteiger partial charge in [-0.05, 0) is 12.5 Å². The smallest absolute Gasteiger partial charge is 0.229 e. The third kappa shape index (κ3) is 3.80. The Morgan fingerprint density at radius 1 is 1.38 bits per heavy atom. The molecule has 0 saturated carbocycles. The molecule has 0 aliphatic carbocycles. The predicted octanol–water partition coefficient (Wildman–Crippen LogP) is 1.69. The second-order valence-electron chi connectivity index (χ2n) is 2.77. The molecule has 0 aliphatic heterocycles. The summed E-state index contributed by atoms with van der Waals surface area (Å²) in [5, 5.41) is 2.58. The highest BCUT2D eigenvalue weighted by molar-refractivity contribution is 7.80. The van der Waals surface area contributed by atoms with E-state index in [1.54, 1.807) is 6.92 Å². The molecule has 0 aromatic heterocycles. The van der Waals surface area contributed by atoms with E-state index >= 15 is 0 Å². The Hall–Kier alpha value is -1.22. The van der Waals surface area contributed by atoms with Crippen molar-refractivity contribution in [2.75, 3.05) is 0 Å². The molecule has 1 aromatic rings. The first-order chi connectivity index (χ1) is 6.18. The normalized spacial score (nSPS) is 9.31. The van der Waals surface area contributed by atoms with Crippen molar-refractivity contribution in [3.8, 4) is 0 Å². The lowest BCUT2D eigenvalue weighted by Gasteiger charge is -2.01. The van der Waals surface area contributed by atoms with E-state index in [1.807, 2.05) is 30.3 Å². The highest BCUT2D eigenvalue weighted by Gasteiger charge is 2.01. The topological polar surface area (TPSA) is 29.1 Å². The second-order valence-corrected chi connectivity index (χ2v) is 3.38. The van der Waals surface area contributed by atoms with Gasteiger partial charge < -0.3 is 5.32 Å². The molecule has 0 unspecified atom stereocenters. The summed E-state index contributed by atoms with van der Waals surface area (Å²) in [5.41, 5.74) is 0.997. The van der Waals surface area contributed by atoms with Gasteiger partial charge >= 0.3 is 0 Å². The summed E-state index contributed by atoms with van der Waals surface area (Å²) >= 11 is 4.76.